The monoisotopic (exact) mass is 475 g/mol. The fourth-order valence-corrected chi connectivity index (χ4v) is 3.71. The highest BCUT2D eigenvalue weighted by Gasteiger charge is 2.11. The molecule has 0 amide bonds. The van der Waals surface area contributed by atoms with Crippen molar-refractivity contribution in [3.63, 3.8) is 0 Å². The molecule has 35 heavy (non-hydrogen) atoms. The van der Waals surface area contributed by atoms with Gasteiger partial charge in [0.15, 0.2) is 5.82 Å². The first kappa shape index (κ1) is 22.9. The molecular weight excluding hydrogens is 449 g/mol. The fraction of sp³-hybridized carbons (Fsp3) is 0.280. The molecule has 0 bridgehead atoms. The van der Waals surface area contributed by atoms with Gasteiger partial charge in [-0.15, -0.1) is 0 Å². The number of aromatic nitrogens is 5. The van der Waals surface area contributed by atoms with E-state index in [1.54, 1.807) is 24.4 Å². The molecule has 2 N–H and O–H groups in total. The smallest absolute Gasteiger partial charge is 0.227 e. The van der Waals surface area contributed by atoms with Crippen LogP contribution >= 0.6 is 0 Å². The van der Waals surface area contributed by atoms with Gasteiger partial charge >= 0.3 is 0 Å². The maximum Gasteiger partial charge on any atom is 0.227 e. The van der Waals surface area contributed by atoms with Crippen molar-refractivity contribution in [2.75, 3.05) is 44.8 Å². The number of ether oxygens (including phenoxy) is 2. The van der Waals surface area contributed by atoms with Crippen molar-refractivity contribution in [3.05, 3.63) is 78.0 Å². The first-order valence-electron chi connectivity index (χ1n) is 11.5. The number of hydrogen-bond donors (Lipinski definition) is 2. The molecule has 1 aliphatic heterocycles. The summed E-state index contributed by atoms with van der Waals surface area (Å²) >= 11 is 0. The zero-order valence-corrected chi connectivity index (χ0v) is 19.2. The summed E-state index contributed by atoms with van der Waals surface area (Å²) in [7, 11) is 0. The summed E-state index contributed by atoms with van der Waals surface area (Å²) in [6, 6.07) is 15.8. The Balaban J connectivity index is 1.16. The van der Waals surface area contributed by atoms with Gasteiger partial charge in [-0.2, -0.15) is 5.10 Å². The summed E-state index contributed by atoms with van der Waals surface area (Å²) in [5.74, 6) is 2.13. The van der Waals surface area contributed by atoms with E-state index in [-0.39, 0.29) is 5.82 Å². The Morgan fingerprint density at radius 3 is 2.60 bits per heavy atom. The van der Waals surface area contributed by atoms with Crippen LogP contribution in [0.1, 0.15) is 11.4 Å². The molecule has 1 fully saturated rings. The zero-order valence-electron chi connectivity index (χ0n) is 19.2. The molecule has 1 aliphatic rings. The molecule has 1 saturated heterocycles. The molecule has 2 aromatic heterocycles. The highest BCUT2D eigenvalue weighted by molar-refractivity contribution is 5.57. The van der Waals surface area contributed by atoms with Gasteiger partial charge in [0.05, 0.1) is 13.2 Å². The second-order valence-corrected chi connectivity index (χ2v) is 8.13. The van der Waals surface area contributed by atoms with Crippen molar-refractivity contribution in [2.45, 2.75) is 6.42 Å². The van der Waals surface area contributed by atoms with Gasteiger partial charge in [-0.1, -0.05) is 12.1 Å². The molecule has 0 spiro atoms. The maximum atomic E-state index is 13.1. The van der Waals surface area contributed by atoms with Gasteiger partial charge < -0.3 is 14.8 Å². The molecular formula is C25H26FN7O2. The van der Waals surface area contributed by atoms with Crippen LogP contribution < -0.4 is 10.1 Å². The van der Waals surface area contributed by atoms with Gasteiger partial charge in [0.1, 0.15) is 29.7 Å². The lowest BCUT2D eigenvalue weighted by Gasteiger charge is -2.26. The van der Waals surface area contributed by atoms with Gasteiger partial charge in [0, 0.05) is 37.9 Å². The number of morpholine rings is 1. The molecule has 5 rings (SSSR count). The third kappa shape index (κ3) is 6.37. The number of nitrogens with one attached hydrogen (secondary N) is 2. The van der Waals surface area contributed by atoms with E-state index in [1.165, 1.54) is 12.1 Å². The van der Waals surface area contributed by atoms with E-state index >= 15 is 0 Å². The Morgan fingerprint density at radius 1 is 1.00 bits per heavy atom. The van der Waals surface area contributed by atoms with Crippen LogP contribution in [0, 0.1) is 5.82 Å². The SMILES string of the molecule is Fc1ccc(Cc2nc(-c3ccnc(Nc4ccc(OCCN5CCOCC5)cc4)n3)n[nH]2)cc1. The van der Waals surface area contributed by atoms with E-state index < -0.39 is 0 Å². The third-order valence-electron chi connectivity index (χ3n) is 5.59. The zero-order chi connectivity index (χ0) is 23.9. The Kier molecular flexibility index (Phi) is 7.21. The molecule has 0 radical (unpaired) electrons. The van der Waals surface area contributed by atoms with E-state index in [1.807, 2.05) is 24.3 Å². The van der Waals surface area contributed by atoms with E-state index in [0.717, 1.165) is 49.8 Å². The summed E-state index contributed by atoms with van der Waals surface area (Å²) in [5.41, 5.74) is 2.37. The lowest BCUT2D eigenvalue weighted by atomic mass is 10.1. The van der Waals surface area contributed by atoms with Crippen molar-refractivity contribution in [2.24, 2.45) is 0 Å². The fourth-order valence-electron chi connectivity index (χ4n) is 3.71. The quantitative estimate of drug-likeness (QED) is 0.380. The predicted octanol–water partition coefficient (Wildman–Crippen LogP) is 3.45. The Labute approximate surface area is 202 Å². The van der Waals surface area contributed by atoms with Crippen molar-refractivity contribution < 1.29 is 13.9 Å². The van der Waals surface area contributed by atoms with Crippen LogP contribution in [0.3, 0.4) is 0 Å². The van der Waals surface area contributed by atoms with Crippen LogP contribution in [0.4, 0.5) is 16.0 Å². The van der Waals surface area contributed by atoms with Crippen LogP contribution in [-0.2, 0) is 11.2 Å². The van der Waals surface area contributed by atoms with Crippen molar-refractivity contribution in [3.8, 4) is 17.3 Å². The van der Waals surface area contributed by atoms with Crippen LogP contribution in [0.5, 0.6) is 5.75 Å². The minimum absolute atomic E-state index is 0.265. The average molecular weight is 476 g/mol. The number of rotatable bonds is 9. The summed E-state index contributed by atoms with van der Waals surface area (Å²) < 4.78 is 24.3. The minimum atomic E-state index is -0.265. The highest BCUT2D eigenvalue weighted by Crippen LogP contribution is 2.20. The lowest BCUT2D eigenvalue weighted by Crippen LogP contribution is -2.38. The van der Waals surface area contributed by atoms with Gasteiger partial charge in [-0.05, 0) is 48.0 Å². The molecule has 0 saturated carbocycles. The van der Waals surface area contributed by atoms with Gasteiger partial charge in [-0.3, -0.25) is 10.00 Å². The summed E-state index contributed by atoms with van der Waals surface area (Å²) in [4.78, 5) is 15.7. The number of aromatic amines is 1. The summed E-state index contributed by atoms with van der Waals surface area (Å²) in [5, 5.41) is 10.4. The van der Waals surface area contributed by atoms with Crippen molar-refractivity contribution in [1.82, 2.24) is 30.0 Å². The van der Waals surface area contributed by atoms with Crippen LogP contribution in [0.2, 0.25) is 0 Å². The Morgan fingerprint density at radius 2 is 1.80 bits per heavy atom. The lowest BCUT2D eigenvalue weighted by molar-refractivity contribution is 0.0322. The number of hydrogen-bond acceptors (Lipinski definition) is 8. The molecule has 9 nitrogen and oxygen atoms in total. The second-order valence-electron chi connectivity index (χ2n) is 8.13. The van der Waals surface area contributed by atoms with E-state index in [2.05, 4.69) is 35.4 Å². The predicted molar refractivity (Wildman–Crippen MR) is 129 cm³/mol. The molecule has 3 heterocycles. The molecule has 0 atom stereocenters. The van der Waals surface area contributed by atoms with Gasteiger partial charge in [0.25, 0.3) is 0 Å². The van der Waals surface area contributed by atoms with Crippen molar-refractivity contribution >= 4 is 11.6 Å². The van der Waals surface area contributed by atoms with E-state index in [4.69, 9.17) is 9.47 Å². The maximum absolute atomic E-state index is 13.1. The number of benzene rings is 2. The summed E-state index contributed by atoms with van der Waals surface area (Å²) in [6.45, 7) is 5.01. The summed E-state index contributed by atoms with van der Waals surface area (Å²) in [6.07, 6.45) is 2.17. The molecule has 0 aliphatic carbocycles. The highest BCUT2D eigenvalue weighted by atomic mass is 19.1. The first-order valence-corrected chi connectivity index (χ1v) is 11.5. The third-order valence-corrected chi connectivity index (χ3v) is 5.59. The average Bonchev–Trinajstić information content (AvgIpc) is 3.36. The Bertz CT molecular complexity index is 1230. The Hall–Kier alpha value is -3.89. The number of H-pyrrole nitrogens is 1. The van der Waals surface area contributed by atoms with Crippen LogP contribution in [0.15, 0.2) is 60.8 Å². The topological polar surface area (TPSA) is 101 Å². The number of anilines is 2. The normalized spacial score (nSPS) is 14.1. The van der Waals surface area contributed by atoms with Gasteiger partial charge in [-0.25, -0.2) is 19.3 Å². The molecule has 180 valence electrons. The van der Waals surface area contributed by atoms with Crippen molar-refractivity contribution in [1.29, 1.82) is 0 Å². The van der Waals surface area contributed by atoms with E-state index in [0.29, 0.717) is 36.3 Å². The number of nitrogens with zero attached hydrogens (tertiary/aromatic N) is 5. The minimum Gasteiger partial charge on any atom is -0.492 e. The second kappa shape index (κ2) is 11.0. The largest absolute Gasteiger partial charge is 0.492 e. The molecule has 4 aromatic rings. The molecule has 2 aromatic carbocycles. The standard InChI is InChI=1S/C25H26FN7O2/c26-19-3-1-18(2-4-19)17-23-30-24(32-31-23)22-9-10-27-25(29-22)28-20-5-7-21(8-6-20)35-16-13-33-11-14-34-15-12-33/h1-10H,11-17H2,(H,27,28,29)(H,30,31,32). The molecule has 0 unspecified atom stereocenters. The molecule has 10 heteroatoms. The van der Waals surface area contributed by atoms with Crippen LogP contribution in [-0.4, -0.2) is 69.5 Å². The van der Waals surface area contributed by atoms with E-state index in [9.17, 15) is 4.39 Å². The first-order chi connectivity index (χ1) is 17.2. The van der Waals surface area contributed by atoms with Gasteiger partial charge in [0.2, 0.25) is 5.95 Å². The van der Waals surface area contributed by atoms with Crippen LogP contribution in [0.25, 0.3) is 11.5 Å². The number of halogens is 1.